The Morgan fingerprint density at radius 3 is 2.89 bits per heavy atom. The first-order chi connectivity index (χ1) is 8.74. The van der Waals surface area contributed by atoms with Crippen LogP contribution < -0.4 is 5.32 Å². The standard InChI is InChI=1S/C14H26N2O2/c1-11-13(6-4-8-15-11)14(18)16-9-3-2-5-12(16)7-10-17/h11-13,15,17H,2-10H2,1H3. The fourth-order valence-electron chi connectivity index (χ4n) is 3.33. The Balaban J connectivity index is 2.00. The van der Waals surface area contributed by atoms with E-state index >= 15 is 0 Å². The summed E-state index contributed by atoms with van der Waals surface area (Å²) in [6, 6.07) is 0.563. The second-order valence-electron chi connectivity index (χ2n) is 5.69. The van der Waals surface area contributed by atoms with Crippen LogP contribution in [0.5, 0.6) is 0 Å². The van der Waals surface area contributed by atoms with Crippen molar-refractivity contribution >= 4 is 5.91 Å². The first-order valence-corrected chi connectivity index (χ1v) is 7.38. The van der Waals surface area contributed by atoms with Crippen LogP contribution in [0.2, 0.25) is 0 Å². The molecular weight excluding hydrogens is 228 g/mol. The van der Waals surface area contributed by atoms with Gasteiger partial charge < -0.3 is 15.3 Å². The zero-order valence-electron chi connectivity index (χ0n) is 11.4. The van der Waals surface area contributed by atoms with E-state index in [-0.39, 0.29) is 18.6 Å². The van der Waals surface area contributed by atoms with E-state index in [9.17, 15) is 4.79 Å². The third-order valence-electron chi connectivity index (χ3n) is 4.45. The van der Waals surface area contributed by atoms with Crippen molar-refractivity contribution in [3.05, 3.63) is 0 Å². The van der Waals surface area contributed by atoms with E-state index in [4.69, 9.17) is 5.11 Å². The number of hydrogen-bond donors (Lipinski definition) is 2. The third-order valence-corrected chi connectivity index (χ3v) is 4.45. The van der Waals surface area contributed by atoms with Crippen molar-refractivity contribution in [3.63, 3.8) is 0 Å². The van der Waals surface area contributed by atoms with Crippen LogP contribution in [0.15, 0.2) is 0 Å². The minimum atomic E-state index is 0.137. The molecule has 0 radical (unpaired) electrons. The molecule has 2 rings (SSSR count). The van der Waals surface area contributed by atoms with Gasteiger partial charge in [-0.25, -0.2) is 0 Å². The first kappa shape index (κ1) is 13.8. The van der Waals surface area contributed by atoms with Crippen molar-refractivity contribution in [2.24, 2.45) is 5.92 Å². The van der Waals surface area contributed by atoms with Crippen molar-refractivity contribution in [1.82, 2.24) is 10.2 Å². The third kappa shape index (κ3) is 3.04. The van der Waals surface area contributed by atoms with E-state index in [1.54, 1.807) is 0 Å². The molecule has 0 saturated carbocycles. The molecule has 4 nitrogen and oxygen atoms in total. The van der Waals surface area contributed by atoms with Gasteiger partial charge in [0.15, 0.2) is 0 Å². The second kappa shape index (κ2) is 6.53. The summed E-state index contributed by atoms with van der Waals surface area (Å²) in [6.07, 6.45) is 6.20. The van der Waals surface area contributed by atoms with Gasteiger partial charge in [-0.1, -0.05) is 0 Å². The summed E-state index contributed by atoms with van der Waals surface area (Å²) in [7, 11) is 0. The van der Waals surface area contributed by atoms with Gasteiger partial charge in [0, 0.05) is 25.2 Å². The number of nitrogens with zero attached hydrogens (tertiary/aromatic N) is 1. The Bertz CT molecular complexity index is 281. The van der Waals surface area contributed by atoms with Crippen molar-refractivity contribution in [2.75, 3.05) is 19.7 Å². The van der Waals surface area contributed by atoms with Gasteiger partial charge in [0.05, 0.1) is 5.92 Å². The van der Waals surface area contributed by atoms with Gasteiger partial charge >= 0.3 is 0 Å². The number of aliphatic hydroxyl groups is 1. The summed E-state index contributed by atoms with van der Waals surface area (Å²) in [4.78, 5) is 14.7. The predicted octanol–water partition coefficient (Wildman–Crippen LogP) is 1.14. The van der Waals surface area contributed by atoms with Crippen LogP contribution in [0.4, 0.5) is 0 Å². The Morgan fingerprint density at radius 2 is 2.17 bits per heavy atom. The van der Waals surface area contributed by atoms with Gasteiger partial charge in [-0.05, 0) is 52.0 Å². The maximum absolute atomic E-state index is 12.7. The molecular formula is C14H26N2O2. The van der Waals surface area contributed by atoms with Crippen LogP contribution in [0.3, 0.4) is 0 Å². The van der Waals surface area contributed by atoms with Gasteiger partial charge in [-0.3, -0.25) is 4.79 Å². The van der Waals surface area contributed by atoms with Crippen molar-refractivity contribution < 1.29 is 9.90 Å². The number of nitrogens with one attached hydrogen (secondary N) is 1. The topological polar surface area (TPSA) is 52.6 Å². The van der Waals surface area contributed by atoms with Crippen molar-refractivity contribution in [3.8, 4) is 0 Å². The molecule has 2 aliphatic heterocycles. The quantitative estimate of drug-likeness (QED) is 0.794. The minimum absolute atomic E-state index is 0.137. The second-order valence-corrected chi connectivity index (χ2v) is 5.69. The highest BCUT2D eigenvalue weighted by atomic mass is 16.3. The summed E-state index contributed by atoms with van der Waals surface area (Å²) < 4.78 is 0. The summed E-state index contributed by atoms with van der Waals surface area (Å²) >= 11 is 0. The van der Waals surface area contributed by atoms with Crippen LogP contribution in [0.1, 0.15) is 45.4 Å². The van der Waals surface area contributed by atoms with Crippen LogP contribution in [0.25, 0.3) is 0 Å². The highest BCUT2D eigenvalue weighted by Crippen LogP contribution is 2.25. The Morgan fingerprint density at radius 1 is 1.33 bits per heavy atom. The highest BCUT2D eigenvalue weighted by molar-refractivity contribution is 5.80. The van der Waals surface area contributed by atoms with E-state index in [1.807, 2.05) is 4.90 Å². The van der Waals surface area contributed by atoms with Gasteiger partial charge in [-0.2, -0.15) is 0 Å². The van der Waals surface area contributed by atoms with E-state index in [0.717, 1.165) is 45.2 Å². The van der Waals surface area contributed by atoms with E-state index < -0.39 is 0 Å². The molecule has 3 atom stereocenters. The molecule has 2 saturated heterocycles. The number of rotatable bonds is 3. The molecule has 0 aliphatic carbocycles. The molecule has 1 amide bonds. The maximum Gasteiger partial charge on any atom is 0.227 e. The summed E-state index contributed by atoms with van der Waals surface area (Å²) in [5, 5.41) is 12.5. The normalized spacial score (nSPS) is 33.4. The first-order valence-electron chi connectivity index (χ1n) is 7.38. The molecule has 2 N–H and O–H groups in total. The number of likely N-dealkylation sites (tertiary alicyclic amines) is 1. The van der Waals surface area contributed by atoms with Crippen LogP contribution in [-0.4, -0.2) is 47.7 Å². The molecule has 0 aromatic heterocycles. The summed E-state index contributed by atoms with van der Waals surface area (Å²) in [5.74, 6) is 0.450. The monoisotopic (exact) mass is 254 g/mol. The van der Waals surface area contributed by atoms with E-state index in [2.05, 4.69) is 12.2 Å². The van der Waals surface area contributed by atoms with Gasteiger partial charge in [0.25, 0.3) is 0 Å². The SMILES string of the molecule is CC1NCCCC1C(=O)N1CCCCC1CCO. The highest BCUT2D eigenvalue weighted by Gasteiger charge is 2.34. The number of aliphatic hydroxyl groups excluding tert-OH is 1. The predicted molar refractivity (Wildman–Crippen MR) is 71.2 cm³/mol. The van der Waals surface area contributed by atoms with Crippen LogP contribution >= 0.6 is 0 Å². The number of amides is 1. The van der Waals surface area contributed by atoms with E-state index in [1.165, 1.54) is 6.42 Å². The lowest BCUT2D eigenvalue weighted by Crippen LogP contribution is -2.52. The molecule has 104 valence electrons. The molecule has 3 unspecified atom stereocenters. The van der Waals surface area contributed by atoms with Gasteiger partial charge in [0.1, 0.15) is 0 Å². The average Bonchev–Trinajstić information content (AvgIpc) is 2.40. The summed E-state index contributed by atoms with van der Waals surface area (Å²) in [5.41, 5.74) is 0. The Hall–Kier alpha value is -0.610. The Kier molecular flexibility index (Phi) is 5.01. The molecule has 2 heterocycles. The average molecular weight is 254 g/mol. The van der Waals surface area contributed by atoms with E-state index in [0.29, 0.717) is 11.9 Å². The van der Waals surface area contributed by atoms with Crippen LogP contribution in [0, 0.1) is 5.92 Å². The fraction of sp³-hybridized carbons (Fsp3) is 0.929. The van der Waals surface area contributed by atoms with Gasteiger partial charge in [-0.15, -0.1) is 0 Å². The molecule has 2 aliphatic rings. The molecule has 0 spiro atoms. The van der Waals surface area contributed by atoms with Gasteiger partial charge in [0.2, 0.25) is 5.91 Å². The minimum Gasteiger partial charge on any atom is -0.396 e. The summed E-state index contributed by atoms with van der Waals surface area (Å²) in [6.45, 7) is 4.22. The maximum atomic E-state index is 12.7. The molecule has 0 aromatic carbocycles. The molecule has 18 heavy (non-hydrogen) atoms. The molecule has 0 bridgehead atoms. The largest absolute Gasteiger partial charge is 0.396 e. The number of hydrogen-bond acceptors (Lipinski definition) is 3. The zero-order valence-corrected chi connectivity index (χ0v) is 11.4. The lowest BCUT2D eigenvalue weighted by Gasteiger charge is -2.40. The molecule has 4 heteroatoms. The number of carbonyl (C=O) groups is 1. The zero-order chi connectivity index (χ0) is 13.0. The molecule has 2 fully saturated rings. The number of carbonyl (C=O) groups excluding carboxylic acids is 1. The molecule has 0 aromatic rings. The Labute approximate surface area is 110 Å². The lowest BCUT2D eigenvalue weighted by atomic mass is 9.88. The fourth-order valence-corrected chi connectivity index (χ4v) is 3.33. The van der Waals surface area contributed by atoms with Crippen LogP contribution in [-0.2, 0) is 4.79 Å². The van der Waals surface area contributed by atoms with Crippen molar-refractivity contribution in [1.29, 1.82) is 0 Å². The smallest absolute Gasteiger partial charge is 0.227 e. The van der Waals surface area contributed by atoms with Crippen molar-refractivity contribution in [2.45, 2.75) is 57.5 Å². The number of piperidine rings is 2. The lowest BCUT2D eigenvalue weighted by molar-refractivity contribution is -0.141.